The zero-order valence-corrected chi connectivity index (χ0v) is 20.9. The van der Waals surface area contributed by atoms with Crippen molar-refractivity contribution in [3.63, 3.8) is 0 Å². The van der Waals surface area contributed by atoms with Gasteiger partial charge in [0.15, 0.2) is 0 Å². The lowest BCUT2D eigenvalue weighted by Gasteiger charge is -2.27. The highest BCUT2D eigenvalue weighted by Gasteiger charge is 2.37. The van der Waals surface area contributed by atoms with Crippen LogP contribution in [0.1, 0.15) is 30.4 Å². The SMILES string of the molecule is O=C(CN1C(=O)S/C(=C/c2cc(Br)ccc2OCc2ccccc2Cl)C1=O)N1CCCCC1. The molecule has 0 atom stereocenters. The number of carbonyl (C=O) groups excluding carboxylic acids is 3. The summed E-state index contributed by atoms with van der Waals surface area (Å²) in [6, 6.07) is 12.8. The van der Waals surface area contributed by atoms with E-state index in [1.807, 2.05) is 30.3 Å². The van der Waals surface area contributed by atoms with Crippen LogP contribution in [-0.2, 0) is 16.2 Å². The van der Waals surface area contributed by atoms with Gasteiger partial charge in [-0.05, 0) is 61.4 Å². The second kappa shape index (κ2) is 10.8. The lowest BCUT2D eigenvalue weighted by atomic mass is 10.1. The smallest absolute Gasteiger partial charge is 0.294 e. The lowest BCUT2D eigenvalue weighted by Crippen LogP contribution is -2.44. The Morgan fingerprint density at radius 2 is 1.88 bits per heavy atom. The van der Waals surface area contributed by atoms with Gasteiger partial charge in [0.2, 0.25) is 5.91 Å². The highest BCUT2D eigenvalue weighted by atomic mass is 79.9. The quantitative estimate of drug-likeness (QED) is 0.431. The maximum atomic E-state index is 12.9. The summed E-state index contributed by atoms with van der Waals surface area (Å²) >= 11 is 10.5. The first-order valence-electron chi connectivity index (χ1n) is 10.6. The van der Waals surface area contributed by atoms with Crippen molar-refractivity contribution in [2.24, 2.45) is 0 Å². The number of nitrogens with zero attached hydrogens (tertiary/aromatic N) is 2. The van der Waals surface area contributed by atoms with E-state index in [4.69, 9.17) is 16.3 Å². The summed E-state index contributed by atoms with van der Waals surface area (Å²) in [6.45, 7) is 1.38. The third kappa shape index (κ3) is 5.80. The number of imide groups is 1. The van der Waals surface area contributed by atoms with Crippen molar-refractivity contribution in [1.29, 1.82) is 0 Å². The summed E-state index contributed by atoms with van der Waals surface area (Å²) in [5.74, 6) is -0.105. The number of rotatable bonds is 6. The molecule has 0 N–H and O–H groups in total. The fraction of sp³-hybridized carbons (Fsp3) is 0.292. The molecule has 2 aliphatic heterocycles. The molecule has 2 aliphatic rings. The van der Waals surface area contributed by atoms with Gasteiger partial charge in [-0.2, -0.15) is 0 Å². The highest BCUT2D eigenvalue weighted by Crippen LogP contribution is 2.35. The second-order valence-electron chi connectivity index (χ2n) is 7.77. The summed E-state index contributed by atoms with van der Waals surface area (Å²) < 4.78 is 6.78. The molecule has 6 nitrogen and oxygen atoms in total. The van der Waals surface area contributed by atoms with E-state index in [1.165, 1.54) is 0 Å². The van der Waals surface area contributed by atoms with Gasteiger partial charge in [-0.1, -0.05) is 45.7 Å². The van der Waals surface area contributed by atoms with Crippen LogP contribution in [0.15, 0.2) is 51.8 Å². The summed E-state index contributed by atoms with van der Waals surface area (Å²) in [6.07, 6.45) is 4.63. The number of hydrogen-bond donors (Lipinski definition) is 0. The average Bonchev–Trinajstić information content (AvgIpc) is 3.07. The molecule has 2 aromatic rings. The van der Waals surface area contributed by atoms with Gasteiger partial charge in [-0.3, -0.25) is 19.3 Å². The first-order valence-corrected chi connectivity index (χ1v) is 12.6. The van der Waals surface area contributed by atoms with Crippen molar-refractivity contribution in [2.45, 2.75) is 25.9 Å². The van der Waals surface area contributed by atoms with Crippen LogP contribution in [0.2, 0.25) is 5.02 Å². The molecule has 2 fully saturated rings. The molecular formula is C24H22BrClN2O4S. The van der Waals surface area contributed by atoms with Crippen molar-refractivity contribution in [3.8, 4) is 5.75 Å². The normalized spacial score (nSPS) is 17.7. The number of halogens is 2. The Bertz CT molecular complexity index is 1120. The minimum Gasteiger partial charge on any atom is -0.488 e. The Morgan fingerprint density at radius 1 is 1.12 bits per heavy atom. The van der Waals surface area contributed by atoms with Gasteiger partial charge in [0.25, 0.3) is 11.1 Å². The number of piperidine rings is 1. The van der Waals surface area contributed by atoms with E-state index < -0.39 is 11.1 Å². The van der Waals surface area contributed by atoms with Crippen LogP contribution < -0.4 is 4.74 Å². The molecule has 4 rings (SSSR count). The Hall–Kier alpha value is -2.29. The highest BCUT2D eigenvalue weighted by molar-refractivity contribution is 9.10. The molecule has 0 spiro atoms. The Labute approximate surface area is 210 Å². The Morgan fingerprint density at radius 3 is 2.64 bits per heavy atom. The lowest BCUT2D eigenvalue weighted by molar-refractivity contribution is -0.136. The van der Waals surface area contributed by atoms with Crippen molar-refractivity contribution in [1.82, 2.24) is 9.80 Å². The molecule has 0 saturated carbocycles. The van der Waals surface area contributed by atoms with Gasteiger partial charge in [0.05, 0.1) is 4.91 Å². The maximum absolute atomic E-state index is 12.9. The monoisotopic (exact) mass is 548 g/mol. The van der Waals surface area contributed by atoms with E-state index in [1.54, 1.807) is 23.1 Å². The molecular weight excluding hydrogens is 528 g/mol. The van der Waals surface area contributed by atoms with Crippen LogP contribution in [0.25, 0.3) is 6.08 Å². The van der Waals surface area contributed by atoms with Crippen molar-refractivity contribution in [3.05, 3.63) is 68.0 Å². The molecule has 2 heterocycles. The molecule has 33 heavy (non-hydrogen) atoms. The van der Waals surface area contributed by atoms with Crippen LogP contribution in [0.3, 0.4) is 0 Å². The Kier molecular flexibility index (Phi) is 7.78. The third-order valence-corrected chi connectivity index (χ3v) is 7.24. The molecule has 0 unspecified atom stereocenters. The molecule has 3 amide bonds. The predicted molar refractivity (Wildman–Crippen MR) is 133 cm³/mol. The van der Waals surface area contributed by atoms with Crippen molar-refractivity contribution < 1.29 is 19.1 Å². The van der Waals surface area contributed by atoms with Crippen LogP contribution in [0, 0.1) is 0 Å². The van der Waals surface area contributed by atoms with Crippen LogP contribution in [0.4, 0.5) is 4.79 Å². The number of amides is 3. The van der Waals surface area contributed by atoms with Gasteiger partial charge in [-0.25, -0.2) is 0 Å². The van der Waals surface area contributed by atoms with Gasteiger partial charge in [-0.15, -0.1) is 0 Å². The van der Waals surface area contributed by atoms with Gasteiger partial charge < -0.3 is 9.64 Å². The average molecular weight is 550 g/mol. The molecule has 172 valence electrons. The minimum atomic E-state index is -0.465. The topological polar surface area (TPSA) is 66.9 Å². The largest absolute Gasteiger partial charge is 0.488 e. The zero-order chi connectivity index (χ0) is 23.4. The minimum absolute atomic E-state index is 0.190. The van der Waals surface area contributed by atoms with E-state index in [0.29, 0.717) is 29.4 Å². The Balaban J connectivity index is 1.50. The molecule has 9 heteroatoms. The van der Waals surface area contributed by atoms with Crippen molar-refractivity contribution in [2.75, 3.05) is 19.6 Å². The van der Waals surface area contributed by atoms with Crippen LogP contribution >= 0.6 is 39.3 Å². The number of ether oxygens (including phenoxy) is 1. The fourth-order valence-electron chi connectivity index (χ4n) is 3.69. The predicted octanol–water partition coefficient (Wildman–Crippen LogP) is 5.73. The standard InChI is InChI=1S/C24H22BrClN2O4S/c25-18-8-9-20(32-15-16-6-2-3-7-19(16)26)17(12-18)13-21-23(30)28(24(31)33-21)14-22(29)27-10-4-1-5-11-27/h2-3,6-9,12-13H,1,4-5,10-11,14-15H2/b21-13+. The molecule has 2 aromatic carbocycles. The summed E-state index contributed by atoms with van der Waals surface area (Å²) in [7, 11) is 0. The first-order chi connectivity index (χ1) is 15.9. The van der Waals surface area contributed by atoms with Gasteiger partial charge in [0.1, 0.15) is 18.9 Å². The molecule has 0 aliphatic carbocycles. The molecule has 0 aromatic heterocycles. The van der Waals surface area contributed by atoms with E-state index in [0.717, 1.165) is 46.0 Å². The molecule has 0 radical (unpaired) electrons. The molecule has 2 saturated heterocycles. The van der Waals surface area contributed by atoms with Crippen LogP contribution in [0.5, 0.6) is 5.75 Å². The number of likely N-dealkylation sites (tertiary alicyclic amines) is 1. The third-order valence-electron chi connectivity index (χ3n) is 5.48. The van der Waals surface area contributed by atoms with E-state index in [-0.39, 0.29) is 24.0 Å². The van der Waals surface area contributed by atoms with Gasteiger partial charge >= 0.3 is 0 Å². The van der Waals surface area contributed by atoms with E-state index in [2.05, 4.69) is 15.9 Å². The second-order valence-corrected chi connectivity index (χ2v) is 10.1. The fourth-order valence-corrected chi connectivity index (χ4v) is 5.09. The number of benzene rings is 2. The summed E-state index contributed by atoms with van der Waals surface area (Å²) in [5, 5.41) is 0.167. The number of carbonyl (C=O) groups is 3. The van der Waals surface area contributed by atoms with Crippen molar-refractivity contribution >= 4 is 62.4 Å². The van der Waals surface area contributed by atoms with Gasteiger partial charge in [0, 0.05) is 33.7 Å². The number of hydrogen-bond acceptors (Lipinski definition) is 5. The zero-order valence-electron chi connectivity index (χ0n) is 17.8. The maximum Gasteiger partial charge on any atom is 0.294 e. The van der Waals surface area contributed by atoms with E-state index in [9.17, 15) is 14.4 Å². The first kappa shape index (κ1) is 23.9. The van der Waals surface area contributed by atoms with Crippen LogP contribution in [-0.4, -0.2) is 46.5 Å². The number of thioether (sulfide) groups is 1. The summed E-state index contributed by atoms with van der Waals surface area (Å²) in [4.78, 5) is 41.0. The molecule has 0 bridgehead atoms. The van der Waals surface area contributed by atoms with E-state index >= 15 is 0 Å². The summed E-state index contributed by atoms with van der Waals surface area (Å²) in [5.41, 5.74) is 1.48.